The van der Waals surface area contributed by atoms with E-state index in [0.29, 0.717) is 26.3 Å². The molecular weight excluding hydrogens is 336 g/mol. The third kappa shape index (κ3) is 3.99. The average Bonchev–Trinajstić information content (AvgIpc) is 2.53. The van der Waals surface area contributed by atoms with Gasteiger partial charge in [-0.15, -0.1) is 0 Å². The number of nitro groups is 2. The van der Waals surface area contributed by atoms with Crippen LogP contribution in [0.3, 0.4) is 0 Å². The summed E-state index contributed by atoms with van der Waals surface area (Å²) in [7, 11) is 0. The summed E-state index contributed by atoms with van der Waals surface area (Å²) < 4.78 is 7.13. The lowest BCUT2D eigenvalue weighted by atomic mass is 9.73. The maximum absolute atomic E-state index is 11.4. The van der Waals surface area contributed by atoms with Crippen molar-refractivity contribution >= 4 is 11.9 Å². The van der Waals surface area contributed by atoms with Crippen molar-refractivity contribution in [3.8, 4) is 0 Å². The number of nitrogens with zero attached hydrogens (tertiary/aromatic N) is 4. The van der Waals surface area contributed by atoms with Crippen molar-refractivity contribution in [3.05, 3.63) is 54.2 Å². The van der Waals surface area contributed by atoms with Crippen LogP contribution in [0.2, 0.25) is 0 Å². The minimum atomic E-state index is -1.22. The quantitative estimate of drug-likeness (QED) is 0.309. The Labute approximate surface area is 142 Å². The average molecular weight is 354 g/mol. The normalized spacial score (nSPS) is 21.3. The maximum Gasteiger partial charge on any atom is 0.267 e. The molecule has 0 amide bonds. The first kappa shape index (κ1) is 18.5. The molecule has 136 valence electrons. The van der Waals surface area contributed by atoms with Gasteiger partial charge in [0.25, 0.3) is 11.4 Å². The summed E-state index contributed by atoms with van der Waals surface area (Å²) >= 11 is 0. The van der Waals surface area contributed by atoms with Gasteiger partial charge in [-0.2, -0.15) is 4.90 Å². The van der Waals surface area contributed by atoms with Gasteiger partial charge in [-0.25, -0.2) is 4.58 Å². The van der Waals surface area contributed by atoms with Crippen molar-refractivity contribution in [2.75, 3.05) is 26.3 Å². The number of morpholine rings is 1. The van der Waals surface area contributed by atoms with E-state index in [0.717, 1.165) is 12.2 Å². The Morgan fingerprint density at radius 3 is 1.96 bits per heavy atom. The second-order valence-corrected chi connectivity index (χ2v) is 6.37. The number of allylic oxidation sites excluding steroid dienone is 2. The summed E-state index contributed by atoms with van der Waals surface area (Å²) in [6.45, 7) is 5.39. The van der Waals surface area contributed by atoms with Gasteiger partial charge in [-0.1, -0.05) is 0 Å². The Balaban J connectivity index is 2.55. The van der Waals surface area contributed by atoms with E-state index in [1.54, 1.807) is 20.1 Å². The molecule has 1 heterocycles. The van der Waals surface area contributed by atoms with Crippen molar-refractivity contribution in [1.29, 1.82) is 0 Å². The van der Waals surface area contributed by atoms with Gasteiger partial charge in [0.15, 0.2) is 19.0 Å². The molecule has 0 unspecified atom stereocenters. The minimum absolute atomic E-state index is 0.492. The molecular formula is C14H18N4O7. The Bertz CT molecular complexity index is 675. The maximum atomic E-state index is 11.4. The number of ether oxygens (including phenoxy) is 1. The van der Waals surface area contributed by atoms with E-state index in [1.165, 1.54) is 0 Å². The van der Waals surface area contributed by atoms with Crippen molar-refractivity contribution in [2.45, 2.75) is 13.8 Å². The molecule has 0 radical (unpaired) electrons. The van der Waals surface area contributed by atoms with Crippen molar-refractivity contribution in [2.24, 2.45) is 11.3 Å². The molecule has 0 spiro atoms. The monoisotopic (exact) mass is 354 g/mol. The van der Waals surface area contributed by atoms with Gasteiger partial charge in [0.2, 0.25) is 5.71 Å². The summed E-state index contributed by atoms with van der Waals surface area (Å²) in [5.41, 5.74) is -2.79. The van der Waals surface area contributed by atoms with Crippen LogP contribution in [-0.4, -0.2) is 57.6 Å². The van der Waals surface area contributed by atoms with Crippen LogP contribution in [0.4, 0.5) is 0 Å². The van der Waals surface area contributed by atoms with Crippen LogP contribution in [0.1, 0.15) is 13.8 Å². The summed E-state index contributed by atoms with van der Waals surface area (Å²) in [5.74, 6) is -1.22. The van der Waals surface area contributed by atoms with Crippen LogP contribution in [0, 0.1) is 42.0 Å². The molecule has 1 fully saturated rings. The first-order valence-electron chi connectivity index (χ1n) is 7.54. The Morgan fingerprint density at radius 2 is 1.56 bits per heavy atom. The van der Waals surface area contributed by atoms with E-state index < -0.39 is 43.2 Å². The molecule has 1 aliphatic heterocycles. The van der Waals surface area contributed by atoms with E-state index in [4.69, 9.17) is 4.74 Å². The fourth-order valence-electron chi connectivity index (χ4n) is 3.10. The zero-order chi connectivity index (χ0) is 18.8. The molecule has 2 rings (SSSR count). The molecule has 0 aromatic rings. The molecule has 1 saturated heterocycles. The van der Waals surface area contributed by atoms with Crippen LogP contribution < -0.4 is 0 Å². The van der Waals surface area contributed by atoms with Crippen LogP contribution in [0.25, 0.3) is 0 Å². The molecule has 0 bridgehead atoms. The third-order valence-electron chi connectivity index (χ3n) is 4.12. The largest absolute Gasteiger partial charge is 0.612 e. The molecule has 25 heavy (non-hydrogen) atoms. The summed E-state index contributed by atoms with van der Waals surface area (Å²) in [5, 5.41) is 44.8. The van der Waals surface area contributed by atoms with E-state index in [1.807, 2.05) is 4.58 Å². The van der Waals surface area contributed by atoms with Crippen LogP contribution in [0.15, 0.2) is 23.5 Å². The highest BCUT2D eigenvalue weighted by Gasteiger charge is 2.51. The lowest BCUT2D eigenvalue weighted by Gasteiger charge is -2.27. The number of hydrogen-bond donors (Lipinski definition) is 0. The second-order valence-electron chi connectivity index (χ2n) is 6.37. The first-order valence-corrected chi connectivity index (χ1v) is 7.54. The van der Waals surface area contributed by atoms with Crippen molar-refractivity contribution in [3.63, 3.8) is 0 Å². The summed E-state index contributed by atoms with van der Waals surface area (Å²) in [4.78, 5) is 20.4. The van der Waals surface area contributed by atoms with Gasteiger partial charge in [0, 0.05) is 0 Å². The zero-order valence-electron chi connectivity index (χ0n) is 13.8. The van der Waals surface area contributed by atoms with Gasteiger partial charge >= 0.3 is 0 Å². The molecule has 2 aliphatic rings. The lowest BCUT2D eigenvalue weighted by Crippen LogP contribution is -2.41. The molecule has 11 heteroatoms. The standard InChI is InChI=1S/C14H18N4O7/c1-14(2,9-15-3-5-25-6-4-15)13-11(17(21)22)7-10(16(19)20)8-12(13)18(23)24/h7-9,13H,3-6H2,1-2H3. The Morgan fingerprint density at radius 1 is 1.08 bits per heavy atom. The van der Waals surface area contributed by atoms with Crippen molar-refractivity contribution in [1.82, 2.24) is 0 Å². The van der Waals surface area contributed by atoms with Gasteiger partial charge in [-0.05, 0) is 13.8 Å². The number of hydrogen-bond acceptors (Lipinski definition) is 7. The smallest absolute Gasteiger partial charge is 0.267 e. The number of rotatable bonds is 4. The molecule has 0 N–H and O–H groups in total. The Kier molecular flexibility index (Phi) is 5.16. The molecule has 0 atom stereocenters. The fourth-order valence-corrected chi connectivity index (χ4v) is 3.10. The SMILES string of the molecule is CC(C)(C=[N+]1CCOCC1)C1C([N+](=O)[O-])=CC(=[N+]([O-])[O-])C=C1[N+](=O)[O-]. The third-order valence-corrected chi connectivity index (χ3v) is 4.12. The second kappa shape index (κ2) is 6.97. The molecule has 0 aromatic carbocycles. The van der Waals surface area contributed by atoms with E-state index in [9.17, 15) is 30.6 Å². The summed E-state index contributed by atoms with van der Waals surface area (Å²) in [6, 6.07) is 0. The topological polar surface area (TPSA) is 148 Å². The van der Waals surface area contributed by atoms with Gasteiger partial charge in [0.05, 0.1) is 27.4 Å². The zero-order valence-corrected chi connectivity index (χ0v) is 13.8. The van der Waals surface area contributed by atoms with Gasteiger partial charge < -0.3 is 15.2 Å². The predicted octanol–water partition coefficient (Wildman–Crippen LogP) is 0.526. The van der Waals surface area contributed by atoms with E-state index in [2.05, 4.69) is 0 Å². The summed E-state index contributed by atoms with van der Waals surface area (Å²) in [6.07, 6.45) is 3.31. The molecule has 1 aliphatic carbocycles. The highest BCUT2D eigenvalue weighted by molar-refractivity contribution is 6.02. The molecule has 0 aromatic heterocycles. The Hall–Kier alpha value is -2.82. The van der Waals surface area contributed by atoms with Crippen LogP contribution >= 0.6 is 0 Å². The minimum Gasteiger partial charge on any atom is -0.612 e. The first-order chi connectivity index (χ1) is 11.6. The van der Waals surface area contributed by atoms with Gasteiger partial charge in [0.1, 0.15) is 19.4 Å². The molecule has 0 saturated carbocycles. The van der Waals surface area contributed by atoms with E-state index >= 15 is 0 Å². The van der Waals surface area contributed by atoms with Crippen LogP contribution in [0.5, 0.6) is 0 Å². The lowest BCUT2D eigenvalue weighted by molar-refractivity contribution is -0.548. The molecule has 11 nitrogen and oxygen atoms in total. The van der Waals surface area contributed by atoms with Crippen molar-refractivity contribution < 1.29 is 24.1 Å². The predicted molar refractivity (Wildman–Crippen MR) is 86.3 cm³/mol. The highest BCUT2D eigenvalue weighted by Crippen LogP contribution is 2.39. The van der Waals surface area contributed by atoms with E-state index in [-0.39, 0.29) is 0 Å². The fraction of sp³-hybridized carbons (Fsp3) is 0.571. The van der Waals surface area contributed by atoms with Gasteiger partial charge in [-0.3, -0.25) is 20.2 Å². The highest BCUT2D eigenvalue weighted by atomic mass is 16.8. The van der Waals surface area contributed by atoms with Crippen LogP contribution in [-0.2, 0) is 4.74 Å².